The molecule has 0 saturated heterocycles. The number of nitrogens with zero attached hydrogens (tertiary/aromatic N) is 1. The van der Waals surface area contributed by atoms with Crippen LogP contribution in [0.25, 0.3) is 0 Å². The Bertz CT molecular complexity index is 533. The molecule has 0 aliphatic heterocycles. The van der Waals surface area contributed by atoms with Crippen molar-refractivity contribution < 1.29 is 14.2 Å². The van der Waals surface area contributed by atoms with Crippen LogP contribution in [0.15, 0.2) is 29.3 Å². The Kier molecular flexibility index (Phi) is 9.90. The van der Waals surface area contributed by atoms with Crippen molar-refractivity contribution >= 4 is 5.96 Å². The van der Waals surface area contributed by atoms with Crippen molar-refractivity contribution in [2.75, 3.05) is 40.0 Å². The molecule has 2 rings (SSSR count). The summed E-state index contributed by atoms with van der Waals surface area (Å²) in [4.78, 5) is 4.70. The van der Waals surface area contributed by atoms with Gasteiger partial charge in [-0.3, -0.25) is 0 Å². The minimum absolute atomic E-state index is 0.379. The van der Waals surface area contributed by atoms with Gasteiger partial charge >= 0.3 is 0 Å². The number of aliphatic imine (C=N–C) groups is 1. The molecule has 1 aliphatic carbocycles. The average molecular weight is 364 g/mol. The van der Waals surface area contributed by atoms with E-state index in [9.17, 15) is 0 Å². The van der Waals surface area contributed by atoms with E-state index in [1.54, 1.807) is 7.11 Å². The molecule has 0 heterocycles. The second-order valence-corrected chi connectivity index (χ2v) is 6.36. The number of hydrogen-bond donors (Lipinski definition) is 2. The predicted octanol–water partition coefficient (Wildman–Crippen LogP) is 2.73. The molecule has 0 aromatic heterocycles. The lowest BCUT2D eigenvalue weighted by Crippen LogP contribution is -2.38. The lowest BCUT2D eigenvalue weighted by molar-refractivity contribution is 0.0698. The van der Waals surface area contributed by atoms with Crippen LogP contribution in [0.2, 0.25) is 0 Å². The summed E-state index contributed by atoms with van der Waals surface area (Å²) < 4.78 is 16.5. The summed E-state index contributed by atoms with van der Waals surface area (Å²) >= 11 is 0. The molecular formula is C20H33N3O3. The predicted molar refractivity (Wildman–Crippen MR) is 105 cm³/mol. The number of para-hydroxylation sites is 1. The van der Waals surface area contributed by atoms with Crippen LogP contribution in [0.3, 0.4) is 0 Å². The maximum absolute atomic E-state index is 6.08. The van der Waals surface area contributed by atoms with Crippen molar-refractivity contribution in [3.8, 4) is 5.75 Å². The monoisotopic (exact) mass is 363 g/mol. The molecule has 0 amide bonds. The summed E-state index contributed by atoms with van der Waals surface area (Å²) in [5, 5.41) is 6.64. The Morgan fingerprint density at radius 2 is 2.00 bits per heavy atom. The lowest BCUT2D eigenvalue weighted by atomic mass is 9.96. The second-order valence-electron chi connectivity index (χ2n) is 6.36. The molecule has 1 saturated carbocycles. The van der Waals surface area contributed by atoms with Gasteiger partial charge in [0.25, 0.3) is 0 Å². The zero-order chi connectivity index (χ0) is 18.5. The molecule has 1 fully saturated rings. The number of nitrogens with one attached hydrogen (secondary N) is 2. The van der Waals surface area contributed by atoms with Gasteiger partial charge in [-0.25, -0.2) is 4.99 Å². The number of methoxy groups -OCH3 is 1. The minimum atomic E-state index is 0.379. The third-order valence-electron chi connectivity index (χ3n) is 4.26. The van der Waals surface area contributed by atoms with Crippen molar-refractivity contribution in [2.45, 2.75) is 45.3 Å². The van der Waals surface area contributed by atoms with Gasteiger partial charge in [-0.15, -0.1) is 0 Å². The van der Waals surface area contributed by atoms with Crippen LogP contribution >= 0.6 is 0 Å². The molecule has 1 aliphatic rings. The molecule has 1 aromatic carbocycles. The van der Waals surface area contributed by atoms with Gasteiger partial charge in [0, 0.05) is 32.4 Å². The fourth-order valence-corrected chi connectivity index (χ4v) is 2.55. The fourth-order valence-electron chi connectivity index (χ4n) is 2.55. The van der Waals surface area contributed by atoms with Crippen LogP contribution in [0, 0.1) is 0 Å². The molecule has 6 heteroatoms. The topological polar surface area (TPSA) is 64.1 Å². The van der Waals surface area contributed by atoms with Gasteiger partial charge in [-0.1, -0.05) is 18.2 Å². The minimum Gasteiger partial charge on any atom is -0.490 e. The summed E-state index contributed by atoms with van der Waals surface area (Å²) in [7, 11) is 1.68. The van der Waals surface area contributed by atoms with Gasteiger partial charge in [-0.05, 0) is 38.7 Å². The number of ether oxygens (including phenoxy) is 3. The smallest absolute Gasteiger partial charge is 0.191 e. The normalized spacial score (nSPS) is 14.8. The summed E-state index contributed by atoms with van der Waals surface area (Å²) in [6.07, 6.45) is 4.90. The highest BCUT2D eigenvalue weighted by Gasteiger charge is 2.20. The van der Waals surface area contributed by atoms with E-state index in [2.05, 4.69) is 23.6 Å². The van der Waals surface area contributed by atoms with Gasteiger partial charge in [0.2, 0.25) is 0 Å². The molecule has 146 valence electrons. The molecule has 6 nitrogen and oxygen atoms in total. The van der Waals surface area contributed by atoms with Crippen LogP contribution < -0.4 is 15.4 Å². The van der Waals surface area contributed by atoms with E-state index >= 15 is 0 Å². The van der Waals surface area contributed by atoms with E-state index in [0.29, 0.717) is 32.5 Å². The first-order valence-corrected chi connectivity index (χ1v) is 9.67. The van der Waals surface area contributed by atoms with Gasteiger partial charge in [0.1, 0.15) is 5.75 Å². The molecule has 0 atom stereocenters. The fraction of sp³-hybridized carbons (Fsp3) is 0.650. The molecule has 0 radical (unpaired) electrons. The molecular weight excluding hydrogens is 330 g/mol. The summed E-state index contributed by atoms with van der Waals surface area (Å²) in [5.41, 5.74) is 1.12. The highest BCUT2D eigenvalue weighted by Crippen LogP contribution is 2.27. The third kappa shape index (κ3) is 7.62. The van der Waals surface area contributed by atoms with Crippen LogP contribution in [0.5, 0.6) is 5.75 Å². The van der Waals surface area contributed by atoms with Crippen molar-refractivity contribution in [2.24, 2.45) is 4.99 Å². The van der Waals surface area contributed by atoms with Crippen LogP contribution in [-0.4, -0.2) is 52.1 Å². The van der Waals surface area contributed by atoms with E-state index in [1.807, 2.05) is 18.2 Å². The zero-order valence-corrected chi connectivity index (χ0v) is 16.1. The van der Waals surface area contributed by atoms with Gasteiger partial charge in [0.05, 0.1) is 25.9 Å². The number of benzene rings is 1. The van der Waals surface area contributed by atoms with Crippen molar-refractivity contribution in [3.63, 3.8) is 0 Å². The maximum atomic E-state index is 6.08. The number of hydrogen-bond acceptors (Lipinski definition) is 4. The van der Waals surface area contributed by atoms with Crippen LogP contribution in [0.4, 0.5) is 0 Å². The van der Waals surface area contributed by atoms with E-state index < -0.39 is 0 Å². The zero-order valence-electron chi connectivity index (χ0n) is 16.1. The Balaban J connectivity index is 1.78. The van der Waals surface area contributed by atoms with Crippen LogP contribution in [0.1, 0.15) is 38.2 Å². The van der Waals surface area contributed by atoms with Crippen molar-refractivity contribution in [3.05, 3.63) is 29.8 Å². The Labute approximate surface area is 157 Å². The molecule has 26 heavy (non-hydrogen) atoms. The molecule has 0 unspecified atom stereocenters. The van der Waals surface area contributed by atoms with E-state index in [1.165, 1.54) is 6.42 Å². The third-order valence-corrected chi connectivity index (χ3v) is 4.26. The van der Waals surface area contributed by atoms with Gasteiger partial charge < -0.3 is 24.8 Å². The standard InChI is InChI=1S/C20H33N3O3/c1-3-21-20(22-12-7-13-25-15-14-24-2)23-16-17-8-4-5-11-19(17)26-18-9-6-10-18/h4-5,8,11,18H,3,6-7,9-10,12-16H2,1-2H3,(H2,21,22,23). The molecule has 0 bridgehead atoms. The summed E-state index contributed by atoms with van der Waals surface area (Å²) in [5.74, 6) is 1.78. The maximum Gasteiger partial charge on any atom is 0.191 e. The largest absolute Gasteiger partial charge is 0.490 e. The second kappa shape index (κ2) is 12.5. The summed E-state index contributed by atoms with van der Waals surface area (Å²) in [6, 6.07) is 8.19. The lowest BCUT2D eigenvalue weighted by Gasteiger charge is -2.27. The van der Waals surface area contributed by atoms with Crippen molar-refractivity contribution in [1.29, 1.82) is 0 Å². The Hall–Kier alpha value is -1.79. The van der Waals surface area contributed by atoms with E-state index in [4.69, 9.17) is 19.2 Å². The highest BCUT2D eigenvalue weighted by molar-refractivity contribution is 5.79. The van der Waals surface area contributed by atoms with Gasteiger partial charge in [-0.2, -0.15) is 0 Å². The number of rotatable bonds is 12. The first kappa shape index (κ1) is 20.5. The Morgan fingerprint density at radius 3 is 2.73 bits per heavy atom. The van der Waals surface area contributed by atoms with Crippen LogP contribution in [-0.2, 0) is 16.0 Å². The highest BCUT2D eigenvalue weighted by atomic mass is 16.5. The SMILES string of the molecule is CCNC(=NCc1ccccc1OC1CCC1)NCCCOCCOC. The molecule has 0 spiro atoms. The van der Waals surface area contributed by atoms with E-state index in [-0.39, 0.29) is 0 Å². The van der Waals surface area contributed by atoms with E-state index in [0.717, 1.165) is 49.6 Å². The average Bonchev–Trinajstić information content (AvgIpc) is 2.62. The quantitative estimate of drug-likeness (QED) is 0.340. The summed E-state index contributed by atoms with van der Waals surface area (Å²) in [6.45, 7) is 6.31. The molecule has 2 N–H and O–H groups in total. The molecule has 1 aromatic rings. The Morgan fingerprint density at radius 1 is 1.15 bits per heavy atom. The number of guanidine groups is 1. The first-order chi connectivity index (χ1) is 12.8. The first-order valence-electron chi connectivity index (χ1n) is 9.67. The van der Waals surface area contributed by atoms with Gasteiger partial charge in [0.15, 0.2) is 5.96 Å². The van der Waals surface area contributed by atoms with Crippen molar-refractivity contribution in [1.82, 2.24) is 10.6 Å².